The summed E-state index contributed by atoms with van der Waals surface area (Å²) in [4.78, 5) is 22.7. The van der Waals surface area contributed by atoms with E-state index in [2.05, 4.69) is 15.0 Å². The van der Waals surface area contributed by atoms with Gasteiger partial charge in [-0.25, -0.2) is 14.4 Å². The first-order chi connectivity index (χ1) is 8.24. The van der Waals surface area contributed by atoms with Crippen molar-refractivity contribution in [2.75, 3.05) is 0 Å². The number of aromatic amines is 1. The third-order valence-electron chi connectivity index (χ3n) is 2.29. The third kappa shape index (κ3) is 1.72. The molecule has 0 unspecified atom stereocenters. The normalized spacial score (nSPS) is 10.9. The fraction of sp³-hybridized carbons (Fsp3) is 0. The minimum atomic E-state index is -0.300. The van der Waals surface area contributed by atoms with Gasteiger partial charge in [0.2, 0.25) is 0 Å². The van der Waals surface area contributed by atoms with E-state index < -0.39 is 0 Å². The van der Waals surface area contributed by atoms with Crippen LogP contribution in [0.25, 0.3) is 20.9 Å². The van der Waals surface area contributed by atoms with Crippen LogP contribution >= 0.6 is 11.3 Å². The lowest BCUT2D eigenvalue weighted by atomic mass is 10.2. The highest BCUT2D eigenvalue weighted by Crippen LogP contribution is 2.27. The minimum absolute atomic E-state index is 0.264. The summed E-state index contributed by atoms with van der Waals surface area (Å²) in [6, 6.07) is 5.97. The van der Waals surface area contributed by atoms with Gasteiger partial charge in [-0.1, -0.05) is 11.3 Å². The van der Waals surface area contributed by atoms with Crippen molar-refractivity contribution in [2.45, 2.75) is 0 Å². The predicted octanol–water partition coefficient (Wildman–Crippen LogP) is 2.19. The van der Waals surface area contributed by atoms with Gasteiger partial charge >= 0.3 is 0 Å². The topological polar surface area (TPSA) is 58.6 Å². The van der Waals surface area contributed by atoms with Gasteiger partial charge in [0, 0.05) is 5.56 Å². The predicted molar refractivity (Wildman–Crippen MR) is 63.4 cm³/mol. The number of aromatic nitrogens is 3. The molecule has 0 bridgehead atoms. The number of fused-ring (bicyclic) bond motifs is 1. The Hall–Kier alpha value is -2.08. The van der Waals surface area contributed by atoms with E-state index in [1.54, 1.807) is 12.1 Å². The van der Waals surface area contributed by atoms with E-state index in [0.29, 0.717) is 15.4 Å². The molecule has 0 fully saturated rings. The molecule has 0 aliphatic heterocycles. The lowest BCUT2D eigenvalue weighted by molar-refractivity contribution is 0.628. The quantitative estimate of drug-likeness (QED) is 0.717. The van der Waals surface area contributed by atoms with Gasteiger partial charge in [-0.3, -0.25) is 4.79 Å². The van der Waals surface area contributed by atoms with E-state index in [0.717, 1.165) is 5.56 Å². The van der Waals surface area contributed by atoms with Crippen molar-refractivity contribution in [3.63, 3.8) is 0 Å². The van der Waals surface area contributed by atoms with Gasteiger partial charge in [-0.05, 0) is 24.3 Å². The molecule has 84 valence electrons. The van der Waals surface area contributed by atoms with Crippen molar-refractivity contribution in [3.8, 4) is 10.6 Å². The molecule has 0 atom stereocenters. The summed E-state index contributed by atoms with van der Waals surface area (Å²) in [5, 5.41) is 0.657. The van der Waals surface area contributed by atoms with E-state index in [1.165, 1.54) is 29.8 Å². The van der Waals surface area contributed by atoms with Crippen LogP contribution in [0.2, 0.25) is 0 Å². The molecule has 4 nitrogen and oxygen atoms in total. The molecule has 3 rings (SSSR count). The number of hydrogen-bond acceptors (Lipinski definition) is 4. The summed E-state index contributed by atoms with van der Waals surface area (Å²) in [5.41, 5.74) is 0.824. The average molecular weight is 247 g/mol. The zero-order valence-electron chi connectivity index (χ0n) is 8.48. The second-order valence-electron chi connectivity index (χ2n) is 3.41. The Morgan fingerprint density at radius 1 is 1.24 bits per heavy atom. The smallest absolute Gasteiger partial charge is 0.278 e. The van der Waals surface area contributed by atoms with E-state index in [-0.39, 0.29) is 11.4 Å². The van der Waals surface area contributed by atoms with Gasteiger partial charge < -0.3 is 4.98 Å². The number of nitrogens with zero attached hydrogens (tertiary/aromatic N) is 2. The molecule has 0 aliphatic rings. The van der Waals surface area contributed by atoms with Crippen molar-refractivity contribution >= 4 is 21.7 Å². The summed E-state index contributed by atoms with van der Waals surface area (Å²) in [7, 11) is 0. The van der Waals surface area contributed by atoms with Crippen LogP contribution in [-0.2, 0) is 0 Å². The van der Waals surface area contributed by atoms with Crippen molar-refractivity contribution in [1.82, 2.24) is 15.0 Å². The number of benzene rings is 1. The highest BCUT2D eigenvalue weighted by Gasteiger charge is 2.09. The molecule has 0 aliphatic carbocycles. The first-order valence-corrected chi connectivity index (χ1v) is 5.66. The van der Waals surface area contributed by atoms with Gasteiger partial charge in [0.15, 0.2) is 10.3 Å². The Morgan fingerprint density at radius 3 is 2.71 bits per heavy atom. The lowest BCUT2D eigenvalue weighted by Crippen LogP contribution is -2.05. The Kier molecular flexibility index (Phi) is 2.22. The monoisotopic (exact) mass is 247 g/mol. The van der Waals surface area contributed by atoms with Crippen LogP contribution < -0.4 is 5.56 Å². The van der Waals surface area contributed by atoms with E-state index >= 15 is 0 Å². The summed E-state index contributed by atoms with van der Waals surface area (Å²) in [5.74, 6) is -0.300. The maximum Gasteiger partial charge on any atom is 0.278 e. The molecule has 6 heteroatoms. The van der Waals surface area contributed by atoms with Gasteiger partial charge in [-0.2, -0.15) is 0 Å². The Balaban J connectivity index is 2.21. The van der Waals surface area contributed by atoms with Gasteiger partial charge in [0.25, 0.3) is 5.56 Å². The van der Waals surface area contributed by atoms with Crippen molar-refractivity contribution in [3.05, 3.63) is 46.8 Å². The van der Waals surface area contributed by atoms with Crippen molar-refractivity contribution in [1.29, 1.82) is 0 Å². The highest BCUT2D eigenvalue weighted by molar-refractivity contribution is 7.21. The van der Waals surface area contributed by atoms with Crippen LogP contribution in [0.5, 0.6) is 0 Å². The molecule has 17 heavy (non-hydrogen) atoms. The van der Waals surface area contributed by atoms with Crippen LogP contribution in [0.1, 0.15) is 0 Å². The fourth-order valence-corrected chi connectivity index (χ4v) is 2.40. The van der Waals surface area contributed by atoms with Crippen LogP contribution in [0.4, 0.5) is 4.39 Å². The van der Waals surface area contributed by atoms with Crippen molar-refractivity contribution < 1.29 is 4.39 Å². The molecule has 1 aromatic carbocycles. The number of thiazole rings is 1. The second-order valence-corrected chi connectivity index (χ2v) is 4.39. The number of rotatable bonds is 1. The van der Waals surface area contributed by atoms with Crippen LogP contribution in [0.15, 0.2) is 35.4 Å². The Labute approximate surface area is 98.8 Å². The third-order valence-corrected chi connectivity index (χ3v) is 3.31. The zero-order valence-corrected chi connectivity index (χ0v) is 9.29. The number of H-pyrrole nitrogens is 1. The number of hydrogen-bond donors (Lipinski definition) is 1. The summed E-state index contributed by atoms with van der Waals surface area (Å²) < 4.78 is 12.8. The maximum absolute atomic E-state index is 12.8. The molecule has 2 heterocycles. The highest BCUT2D eigenvalue weighted by atomic mass is 32.1. The van der Waals surface area contributed by atoms with E-state index in [4.69, 9.17) is 0 Å². The van der Waals surface area contributed by atoms with E-state index in [9.17, 15) is 9.18 Å². The second kappa shape index (κ2) is 3.74. The molecular weight excluding hydrogens is 241 g/mol. The molecule has 0 amide bonds. The minimum Gasteiger partial charge on any atom is -0.311 e. The Bertz CT molecular complexity index is 732. The lowest BCUT2D eigenvalue weighted by Gasteiger charge is -1.93. The zero-order chi connectivity index (χ0) is 11.8. The first-order valence-electron chi connectivity index (χ1n) is 4.84. The Morgan fingerprint density at radius 2 is 2.00 bits per heavy atom. The standard InChI is InChI=1S/C11H6FN3OS/c12-7-3-1-6(2-4-7)10-15-8-9(16)13-5-14-11(8)17-10/h1-5H,(H,13,14,16). The van der Waals surface area contributed by atoms with Crippen LogP contribution in [0.3, 0.4) is 0 Å². The number of nitrogens with one attached hydrogen (secondary N) is 1. The SMILES string of the molecule is O=c1[nH]cnc2sc(-c3ccc(F)cc3)nc12. The molecule has 3 aromatic rings. The molecule has 0 spiro atoms. The average Bonchev–Trinajstić information content (AvgIpc) is 2.75. The maximum atomic E-state index is 12.8. The van der Waals surface area contributed by atoms with Crippen molar-refractivity contribution in [2.24, 2.45) is 0 Å². The van der Waals surface area contributed by atoms with Gasteiger partial charge in [0.05, 0.1) is 6.33 Å². The summed E-state index contributed by atoms with van der Waals surface area (Å²) in [6.45, 7) is 0. The van der Waals surface area contributed by atoms with Gasteiger partial charge in [0.1, 0.15) is 10.8 Å². The largest absolute Gasteiger partial charge is 0.311 e. The molecule has 0 radical (unpaired) electrons. The summed E-state index contributed by atoms with van der Waals surface area (Å²) in [6.07, 6.45) is 1.34. The fourth-order valence-electron chi connectivity index (χ4n) is 1.48. The number of halogens is 1. The van der Waals surface area contributed by atoms with Crippen LogP contribution in [-0.4, -0.2) is 15.0 Å². The molecule has 1 N–H and O–H groups in total. The summed E-state index contributed by atoms with van der Waals surface area (Å²) >= 11 is 1.31. The first kappa shape index (κ1) is 10.1. The van der Waals surface area contributed by atoms with Gasteiger partial charge in [-0.15, -0.1) is 0 Å². The molecule has 0 saturated carbocycles. The van der Waals surface area contributed by atoms with E-state index in [1.807, 2.05) is 0 Å². The molecule has 0 saturated heterocycles. The molecular formula is C11H6FN3OS. The van der Waals surface area contributed by atoms with Crippen LogP contribution in [0, 0.1) is 5.82 Å². The molecule has 2 aromatic heterocycles.